The molecule has 2 aromatic rings. The van der Waals surface area contributed by atoms with Gasteiger partial charge in [0.15, 0.2) is 0 Å². The first-order valence-corrected chi connectivity index (χ1v) is 9.70. The minimum atomic E-state index is -0.430. The van der Waals surface area contributed by atoms with Crippen molar-refractivity contribution in [2.24, 2.45) is 0 Å². The van der Waals surface area contributed by atoms with Gasteiger partial charge in [-0.15, -0.1) is 0 Å². The summed E-state index contributed by atoms with van der Waals surface area (Å²) >= 11 is 13.4. The normalized spacial score (nSPS) is 15.8. The molecule has 1 aliphatic rings. The number of nitro benzene ring substituents is 1. The van der Waals surface area contributed by atoms with Crippen molar-refractivity contribution in [2.75, 3.05) is 7.05 Å². The molecule has 1 heterocycles. The summed E-state index contributed by atoms with van der Waals surface area (Å²) in [4.78, 5) is 26.3. The Morgan fingerprint density at radius 2 is 1.96 bits per heavy atom. The van der Waals surface area contributed by atoms with Gasteiger partial charge in [0.2, 0.25) is 0 Å². The van der Waals surface area contributed by atoms with Gasteiger partial charge in [0, 0.05) is 23.0 Å². The molecule has 5 nitrogen and oxygen atoms in total. The summed E-state index contributed by atoms with van der Waals surface area (Å²) in [6.45, 7) is 0. The van der Waals surface area contributed by atoms with E-state index in [9.17, 15) is 14.9 Å². The van der Waals surface area contributed by atoms with Crippen LogP contribution in [0.15, 0.2) is 57.2 Å². The molecule has 0 radical (unpaired) electrons. The number of thioether (sulfide) groups is 1. The Morgan fingerprint density at radius 1 is 1.27 bits per heavy atom. The number of carbonyl (C=O) groups excluding carboxylic acids is 1. The molecule has 1 saturated heterocycles. The molecule has 132 valence electrons. The molecule has 0 aromatic heterocycles. The van der Waals surface area contributed by atoms with Crippen LogP contribution in [0.5, 0.6) is 0 Å². The standard InChI is InChI=1S/C17H11ClN2O3S3/c1-19-16(21)15(26-17(19)24)9-10-2-7-14(13(8-10)20(22)23)25-12-5-3-11(18)4-6-12/h2-9H,1H3. The predicted octanol–water partition coefficient (Wildman–Crippen LogP) is 5.23. The Bertz CT molecular complexity index is 945. The highest BCUT2D eigenvalue weighted by atomic mass is 35.5. The molecule has 3 rings (SSSR count). The van der Waals surface area contributed by atoms with Gasteiger partial charge in [-0.05, 0) is 42.0 Å². The average Bonchev–Trinajstić information content (AvgIpc) is 2.85. The van der Waals surface area contributed by atoms with Crippen molar-refractivity contribution >= 4 is 69.3 Å². The van der Waals surface area contributed by atoms with Crippen LogP contribution in [0.2, 0.25) is 5.02 Å². The lowest BCUT2D eigenvalue weighted by Crippen LogP contribution is -2.22. The van der Waals surface area contributed by atoms with Crippen LogP contribution >= 0.6 is 47.3 Å². The maximum absolute atomic E-state index is 12.1. The summed E-state index contributed by atoms with van der Waals surface area (Å²) in [7, 11) is 1.60. The highest BCUT2D eigenvalue weighted by Gasteiger charge is 2.28. The predicted molar refractivity (Wildman–Crippen MR) is 110 cm³/mol. The van der Waals surface area contributed by atoms with E-state index in [1.165, 1.54) is 34.5 Å². The highest BCUT2D eigenvalue weighted by molar-refractivity contribution is 8.26. The van der Waals surface area contributed by atoms with E-state index in [0.29, 0.717) is 24.7 Å². The fourth-order valence-electron chi connectivity index (χ4n) is 2.18. The summed E-state index contributed by atoms with van der Waals surface area (Å²) in [6, 6.07) is 12.0. The molecule has 0 bridgehead atoms. The van der Waals surface area contributed by atoms with Crippen LogP contribution in [-0.2, 0) is 4.79 Å². The van der Waals surface area contributed by atoms with Gasteiger partial charge in [0.1, 0.15) is 4.32 Å². The van der Waals surface area contributed by atoms with Gasteiger partial charge < -0.3 is 0 Å². The van der Waals surface area contributed by atoms with Gasteiger partial charge in [-0.2, -0.15) is 0 Å². The second kappa shape index (κ2) is 7.79. The Kier molecular flexibility index (Phi) is 5.67. The van der Waals surface area contributed by atoms with Crippen molar-refractivity contribution in [3.63, 3.8) is 0 Å². The second-order valence-electron chi connectivity index (χ2n) is 5.28. The van der Waals surface area contributed by atoms with Gasteiger partial charge in [-0.25, -0.2) is 0 Å². The van der Waals surface area contributed by atoms with E-state index in [0.717, 1.165) is 4.90 Å². The lowest BCUT2D eigenvalue weighted by atomic mass is 10.2. The molecular weight excluding hydrogens is 412 g/mol. The monoisotopic (exact) mass is 422 g/mol. The van der Waals surface area contributed by atoms with Crippen LogP contribution < -0.4 is 0 Å². The number of benzene rings is 2. The quantitative estimate of drug-likeness (QED) is 0.291. The fourth-order valence-corrected chi connectivity index (χ4v) is 4.39. The minimum absolute atomic E-state index is 0.0225. The molecule has 1 aliphatic heterocycles. The summed E-state index contributed by atoms with van der Waals surface area (Å²) in [5, 5.41) is 12.1. The first-order valence-electron chi connectivity index (χ1n) is 7.28. The molecule has 0 saturated carbocycles. The largest absolute Gasteiger partial charge is 0.296 e. The third-order valence-corrected chi connectivity index (χ3v) is 6.32. The Balaban J connectivity index is 1.92. The molecule has 0 N–H and O–H groups in total. The lowest BCUT2D eigenvalue weighted by molar-refractivity contribution is -0.387. The molecule has 0 unspecified atom stereocenters. The molecule has 1 amide bonds. The van der Waals surface area contributed by atoms with Crippen LogP contribution in [-0.4, -0.2) is 27.1 Å². The van der Waals surface area contributed by atoms with E-state index in [2.05, 4.69) is 0 Å². The third-order valence-electron chi connectivity index (χ3n) is 3.51. The topological polar surface area (TPSA) is 63.5 Å². The number of hydrogen-bond acceptors (Lipinski definition) is 6. The van der Waals surface area contributed by atoms with Crippen molar-refractivity contribution in [2.45, 2.75) is 9.79 Å². The number of rotatable bonds is 4. The van der Waals surface area contributed by atoms with Crippen molar-refractivity contribution in [3.05, 3.63) is 68.1 Å². The molecule has 2 aromatic carbocycles. The van der Waals surface area contributed by atoms with Gasteiger partial charge in [-0.3, -0.25) is 19.8 Å². The maximum Gasteiger partial charge on any atom is 0.283 e. The maximum atomic E-state index is 12.1. The van der Waals surface area contributed by atoms with Crippen LogP contribution in [0.1, 0.15) is 5.56 Å². The number of nitrogens with zero attached hydrogens (tertiary/aromatic N) is 2. The number of thiocarbonyl (C=S) groups is 1. The van der Waals surface area contributed by atoms with E-state index in [1.807, 2.05) is 0 Å². The van der Waals surface area contributed by atoms with E-state index < -0.39 is 4.92 Å². The number of amides is 1. The highest BCUT2D eigenvalue weighted by Crippen LogP contribution is 2.37. The minimum Gasteiger partial charge on any atom is -0.296 e. The zero-order valence-electron chi connectivity index (χ0n) is 13.3. The average molecular weight is 423 g/mol. The van der Waals surface area contributed by atoms with Crippen molar-refractivity contribution in [1.82, 2.24) is 4.90 Å². The van der Waals surface area contributed by atoms with E-state index in [-0.39, 0.29) is 11.6 Å². The van der Waals surface area contributed by atoms with Gasteiger partial charge in [-0.1, -0.05) is 53.4 Å². The number of halogens is 1. The second-order valence-corrected chi connectivity index (χ2v) is 8.51. The van der Waals surface area contributed by atoms with Crippen LogP contribution in [0, 0.1) is 10.1 Å². The number of nitro groups is 1. The molecule has 26 heavy (non-hydrogen) atoms. The zero-order valence-corrected chi connectivity index (χ0v) is 16.5. The Morgan fingerprint density at radius 3 is 2.54 bits per heavy atom. The van der Waals surface area contributed by atoms with Gasteiger partial charge in [0.05, 0.1) is 14.7 Å². The van der Waals surface area contributed by atoms with Crippen LogP contribution in [0.3, 0.4) is 0 Å². The molecular formula is C17H11ClN2O3S3. The number of carbonyl (C=O) groups is 1. The van der Waals surface area contributed by atoms with E-state index in [4.69, 9.17) is 23.8 Å². The van der Waals surface area contributed by atoms with Crippen LogP contribution in [0.4, 0.5) is 5.69 Å². The first-order chi connectivity index (χ1) is 12.3. The smallest absolute Gasteiger partial charge is 0.283 e. The molecule has 1 fully saturated rings. The first kappa shape index (κ1) is 18.9. The van der Waals surface area contributed by atoms with E-state index in [1.54, 1.807) is 49.5 Å². The third kappa shape index (κ3) is 4.09. The van der Waals surface area contributed by atoms with Crippen molar-refractivity contribution in [1.29, 1.82) is 0 Å². The summed E-state index contributed by atoms with van der Waals surface area (Å²) in [5.41, 5.74) is 0.553. The summed E-state index contributed by atoms with van der Waals surface area (Å²) in [6.07, 6.45) is 1.62. The lowest BCUT2D eigenvalue weighted by Gasteiger charge is -2.05. The fraction of sp³-hybridized carbons (Fsp3) is 0.0588. The van der Waals surface area contributed by atoms with Crippen LogP contribution in [0.25, 0.3) is 6.08 Å². The molecule has 0 atom stereocenters. The zero-order chi connectivity index (χ0) is 18.8. The summed E-state index contributed by atoms with van der Waals surface area (Å²) < 4.78 is 0.464. The molecule has 0 aliphatic carbocycles. The van der Waals surface area contributed by atoms with Crippen molar-refractivity contribution in [3.8, 4) is 0 Å². The Labute approximate surface area is 168 Å². The number of hydrogen-bond donors (Lipinski definition) is 0. The Hall–Kier alpha value is -1.87. The van der Waals surface area contributed by atoms with Gasteiger partial charge in [0.25, 0.3) is 11.6 Å². The van der Waals surface area contributed by atoms with E-state index >= 15 is 0 Å². The van der Waals surface area contributed by atoms with Gasteiger partial charge >= 0.3 is 0 Å². The summed E-state index contributed by atoms with van der Waals surface area (Å²) in [5.74, 6) is -0.206. The molecule has 0 spiro atoms. The number of likely N-dealkylation sites (N-methyl/N-ethyl adjacent to an activating group) is 1. The van der Waals surface area contributed by atoms with Crippen molar-refractivity contribution < 1.29 is 9.72 Å². The SMILES string of the molecule is CN1C(=O)C(=Cc2ccc(Sc3ccc(Cl)cc3)c([N+](=O)[O-])c2)SC1=S. The molecule has 9 heteroatoms.